The molecule has 2 aliphatic rings. The number of alkyl halides is 3. The number of ether oxygens (including phenoxy) is 1. The predicted octanol–water partition coefficient (Wildman–Crippen LogP) is 5.22. The van der Waals surface area contributed by atoms with Crippen molar-refractivity contribution in [2.45, 2.75) is 44.6 Å². The molecular formula is C38H38F4N6O4. The summed E-state index contributed by atoms with van der Waals surface area (Å²) in [5, 5.41) is 10.5. The van der Waals surface area contributed by atoms with Crippen molar-refractivity contribution in [2.75, 3.05) is 37.7 Å². The molecule has 3 heterocycles. The maximum atomic E-state index is 14.5. The van der Waals surface area contributed by atoms with Crippen LogP contribution in [-0.2, 0) is 27.0 Å². The van der Waals surface area contributed by atoms with E-state index in [0.717, 1.165) is 18.2 Å². The highest BCUT2D eigenvalue weighted by Gasteiger charge is 2.46. The largest absolute Gasteiger partial charge is 0.416 e. The zero-order valence-corrected chi connectivity index (χ0v) is 28.6. The van der Waals surface area contributed by atoms with Gasteiger partial charge >= 0.3 is 6.18 Å². The van der Waals surface area contributed by atoms with Gasteiger partial charge in [0.2, 0.25) is 5.91 Å². The van der Waals surface area contributed by atoms with Crippen molar-refractivity contribution < 1.29 is 36.7 Å². The summed E-state index contributed by atoms with van der Waals surface area (Å²) in [6, 6.07) is 16.7. The van der Waals surface area contributed by atoms with Gasteiger partial charge in [-0.25, -0.2) is 9.07 Å². The smallest absolute Gasteiger partial charge is 0.379 e. The zero-order chi connectivity index (χ0) is 37.2. The number of carbonyl (C=O) groups excluding carboxylic acids is 3. The molecule has 0 radical (unpaired) electrons. The summed E-state index contributed by atoms with van der Waals surface area (Å²) in [5.74, 6) is -3.01. The summed E-state index contributed by atoms with van der Waals surface area (Å²) in [6.07, 6.45) is -4.70. The molecule has 52 heavy (non-hydrogen) atoms. The number of amides is 3. The fourth-order valence-corrected chi connectivity index (χ4v) is 6.70. The second-order valence-corrected chi connectivity index (χ2v) is 12.6. The van der Waals surface area contributed by atoms with E-state index in [4.69, 9.17) is 9.84 Å². The van der Waals surface area contributed by atoms with Gasteiger partial charge in [-0.05, 0) is 61.9 Å². The average Bonchev–Trinajstić information content (AvgIpc) is 3.53. The maximum Gasteiger partial charge on any atom is 0.416 e. The molecule has 1 unspecified atom stereocenters. The van der Waals surface area contributed by atoms with Gasteiger partial charge in [-0.2, -0.15) is 18.3 Å². The molecular weight excluding hydrogens is 680 g/mol. The number of aromatic nitrogens is 2. The van der Waals surface area contributed by atoms with Crippen LogP contribution >= 0.6 is 0 Å². The molecule has 3 aromatic carbocycles. The number of hydrogen-bond donors (Lipinski definition) is 2. The number of halogens is 4. The Morgan fingerprint density at radius 3 is 2.37 bits per heavy atom. The van der Waals surface area contributed by atoms with Crippen LogP contribution in [0.25, 0.3) is 5.69 Å². The van der Waals surface area contributed by atoms with Gasteiger partial charge in [0.05, 0.1) is 36.7 Å². The Balaban J connectivity index is 1.44. The van der Waals surface area contributed by atoms with Crippen molar-refractivity contribution in [2.24, 2.45) is 0 Å². The third-order valence-electron chi connectivity index (χ3n) is 9.50. The zero-order valence-electron chi connectivity index (χ0n) is 28.6. The van der Waals surface area contributed by atoms with E-state index < -0.39 is 47.2 Å². The SMILES string of the molecule is C=C(C(=O)NCc1nn(-c2ccccc2)c2c1[C@H](c1ccc(F)cc1)[C@H](NC(=O)c1cccc(C(F)(F)F)c1)C(=O)N2CC)C(C)N1CCOCC1. The van der Waals surface area contributed by atoms with Crippen LogP contribution in [0, 0.1) is 5.82 Å². The number of para-hydroxylation sites is 1. The summed E-state index contributed by atoms with van der Waals surface area (Å²) in [6.45, 7) is 10.1. The lowest BCUT2D eigenvalue weighted by Gasteiger charge is -2.38. The molecule has 1 aromatic heterocycles. The van der Waals surface area contributed by atoms with Gasteiger partial charge in [0.25, 0.3) is 11.8 Å². The Labute approximate surface area is 298 Å². The van der Waals surface area contributed by atoms with Crippen LogP contribution in [0.5, 0.6) is 0 Å². The van der Waals surface area contributed by atoms with Crippen molar-refractivity contribution in [1.29, 1.82) is 0 Å². The lowest BCUT2D eigenvalue weighted by molar-refractivity contribution is -0.137. The summed E-state index contributed by atoms with van der Waals surface area (Å²) in [7, 11) is 0. The Morgan fingerprint density at radius 2 is 1.71 bits per heavy atom. The predicted molar refractivity (Wildman–Crippen MR) is 185 cm³/mol. The van der Waals surface area contributed by atoms with E-state index in [0.29, 0.717) is 60.2 Å². The lowest BCUT2D eigenvalue weighted by atomic mass is 9.80. The second kappa shape index (κ2) is 15.1. The minimum Gasteiger partial charge on any atom is -0.379 e. The molecule has 0 saturated carbocycles. The highest BCUT2D eigenvalue weighted by atomic mass is 19.4. The van der Waals surface area contributed by atoms with E-state index in [9.17, 15) is 31.9 Å². The number of rotatable bonds is 10. The number of nitrogens with zero attached hydrogens (tertiary/aromatic N) is 4. The molecule has 6 rings (SSSR count). The summed E-state index contributed by atoms with van der Waals surface area (Å²) < 4.78 is 62.0. The Kier molecular flexibility index (Phi) is 10.6. The molecule has 0 bridgehead atoms. The van der Waals surface area contributed by atoms with Crippen molar-refractivity contribution in [3.63, 3.8) is 0 Å². The van der Waals surface area contributed by atoms with Gasteiger partial charge in [0.1, 0.15) is 17.7 Å². The summed E-state index contributed by atoms with van der Waals surface area (Å²) in [5.41, 5.74) is 0.897. The van der Waals surface area contributed by atoms with Crippen LogP contribution in [0.3, 0.4) is 0 Å². The van der Waals surface area contributed by atoms with E-state index in [-0.39, 0.29) is 24.7 Å². The first-order valence-electron chi connectivity index (χ1n) is 16.9. The van der Waals surface area contributed by atoms with Crippen LogP contribution in [0.2, 0.25) is 0 Å². The third-order valence-corrected chi connectivity index (χ3v) is 9.50. The molecule has 10 nitrogen and oxygen atoms in total. The number of anilines is 1. The fourth-order valence-electron chi connectivity index (χ4n) is 6.70. The van der Waals surface area contributed by atoms with Crippen molar-refractivity contribution >= 4 is 23.5 Å². The quantitative estimate of drug-likeness (QED) is 0.172. The molecule has 4 aromatic rings. The minimum atomic E-state index is -4.70. The van der Waals surface area contributed by atoms with Gasteiger partial charge < -0.3 is 15.4 Å². The Bertz CT molecular complexity index is 1960. The van der Waals surface area contributed by atoms with Crippen LogP contribution in [0.4, 0.5) is 23.4 Å². The van der Waals surface area contributed by atoms with E-state index >= 15 is 0 Å². The fraction of sp³-hybridized carbons (Fsp3) is 0.316. The van der Waals surface area contributed by atoms with E-state index in [1.807, 2.05) is 13.0 Å². The molecule has 1 saturated heterocycles. The van der Waals surface area contributed by atoms with Crippen LogP contribution in [-0.4, -0.2) is 77.3 Å². The molecule has 2 N–H and O–H groups in total. The van der Waals surface area contributed by atoms with Gasteiger partial charge in [-0.15, -0.1) is 0 Å². The first kappa shape index (κ1) is 36.5. The molecule has 0 aliphatic carbocycles. The number of nitrogens with one attached hydrogen (secondary N) is 2. The number of likely N-dealkylation sites (N-methyl/N-ethyl adjacent to an activating group) is 1. The summed E-state index contributed by atoms with van der Waals surface area (Å²) in [4.78, 5) is 45.2. The lowest BCUT2D eigenvalue weighted by Crippen LogP contribution is -2.55. The molecule has 3 amide bonds. The summed E-state index contributed by atoms with van der Waals surface area (Å²) >= 11 is 0. The molecule has 3 atom stereocenters. The highest BCUT2D eigenvalue weighted by Crippen LogP contribution is 2.44. The molecule has 272 valence electrons. The van der Waals surface area contributed by atoms with Gasteiger partial charge in [-0.1, -0.05) is 43.0 Å². The topological polar surface area (TPSA) is 109 Å². The number of morpholine rings is 1. The Morgan fingerprint density at radius 1 is 1.02 bits per heavy atom. The molecule has 0 spiro atoms. The highest BCUT2D eigenvalue weighted by molar-refractivity contribution is 6.05. The minimum absolute atomic E-state index is 0.104. The first-order valence-corrected chi connectivity index (χ1v) is 16.9. The average molecular weight is 719 g/mol. The standard InChI is InChI=1S/C38H38F4N6O4/c1-4-47-36-32(30(45-48(36)29-11-6-5-7-12-29)22-43-34(49)23(2)24(3)46-17-19-52-20-18-46)31(25-13-15-28(39)16-14-25)33(37(47)51)44-35(50)26-9-8-10-27(21-26)38(40,41)42/h5-16,21,24,31,33H,2,4,17-20,22H2,1,3H3,(H,43,49)(H,44,50)/t24?,31-,33-/m0/s1. The normalized spacial score (nSPS) is 18.4. The van der Waals surface area contributed by atoms with E-state index in [2.05, 4.69) is 22.1 Å². The number of fused-ring (bicyclic) bond motifs is 1. The van der Waals surface area contributed by atoms with Crippen LogP contribution in [0.1, 0.15) is 52.5 Å². The van der Waals surface area contributed by atoms with E-state index in [1.54, 1.807) is 35.9 Å². The van der Waals surface area contributed by atoms with Gasteiger partial charge in [-0.3, -0.25) is 24.2 Å². The number of carbonyl (C=O) groups is 3. The van der Waals surface area contributed by atoms with Crippen molar-refractivity contribution in [3.05, 3.63) is 125 Å². The Hall–Kier alpha value is -5.34. The van der Waals surface area contributed by atoms with Gasteiger partial charge in [0, 0.05) is 48.3 Å². The first-order chi connectivity index (χ1) is 24.9. The molecule has 1 fully saturated rings. The van der Waals surface area contributed by atoms with Crippen molar-refractivity contribution in [1.82, 2.24) is 25.3 Å². The third kappa shape index (κ3) is 7.34. The van der Waals surface area contributed by atoms with Crippen LogP contribution in [0.15, 0.2) is 91.0 Å². The monoisotopic (exact) mass is 718 g/mol. The van der Waals surface area contributed by atoms with E-state index in [1.165, 1.54) is 35.2 Å². The van der Waals surface area contributed by atoms with Crippen LogP contribution < -0.4 is 15.5 Å². The maximum absolute atomic E-state index is 14.5. The number of benzene rings is 3. The number of hydrogen-bond acceptors (Lipinski definition) is 6. The van der Waals surface area contributed by atoms with Gasteiger partial charge in [0.15, 0.2) is 0 Å². The molecule has 2 aliphatic heterocycles. The van der Waals surface area contributed by atoms with Crippen molar-refractivity contribution in [3.8, 4) is 5.69 Å². The second-order valence-electron chi connectivity index (χ2n) is 12.6. The molecule has 14 heteroatoms.